The number of phenols is 1. The van der Waals surface area contributed by atoms with Crippen LogP contribution in [0, 0.1) is 0 Å². The molecule has 0 spiro atoms. The van der Waals surface area contributed by atoms with Crippen LogP contribution in [-0.4, -0.2) is 26.8 Å². The van der Waals surface area contributed by atoms with Gasteiger partial charge in [-0.05, 0) is 73.5 Å². The van der Waals surface area contributed by atoms with E-state index in [-0.39, 0.29) is 23.0 Å². The van der Waals surface area contributed by atoms with Gasteiger partial charge in [-0.2, -0.15) is 0 Å². The number of para-hydroxylation sites is 2. The Labute approximate surface area is 295 Å². The second kappa shape index (κ2) is 13.4. The van der Waals surface area contributed by atoms with Gasteiger partial charge in [0, 0.05) is 44.9 Å². The number of aromatic nitrogens is 2. The summed E-state index contributed by atoms with van der Waals surface area (Å²) in [5, 5.41) is 15.6. The summed E-state index contributed by atoms with van der Waals surface area (Å²) < 4.78 is 9.79. The van der Waals surface area contributed by atoms with E-state index in [1.165, 1.54) is 17.4 Å². The van der Waals surface area contributed by atoms with Crippen molar-refractivity contribution >= 4 is 63.1 Å². The molecule has 0 aliphatic carbocycles. The average molecular weight is 710 g/mol. The first kappa shape index (κ1) is 32.5. The first-order valence-corrected chi connectivity index (χ1v) is 17.2. The number of carbonyl (C=O) groups excluding carboxylic acids is 1. The van der Waals surface area contributed by atoms with Gasteiger partial charge in [0.2, 0.25) is 0 Å². The fraction of sp³-hybridized carbons (Fsp3) is 0.132. The number of rotatable bonds is 8. The molecule has 49 heavy (non-hydrogen) atoms. The zero-order chi connectivity index (χ0) is 34.2. The van der Waals surface area contributed by atoms with Gasteiger partial charge in [-0.1, -0.05) is 83.1 Å². The first-order chi connectivity index (χ1) is 23.7. The second-order valence-electron chi connectivity index (χ2n) is 11.5. The zero-order valence-corrected chi connectivity index (χ0v) is 28.8. The highest BCUT2D eigenvalue weighted by Gasteiger charge is 2.33. The number of nitrogens with one attached hydrogen (secondary N) is 1. The second-order valence-corrected chi connectivity index (χ2v) is 13.4. The largest absolute Gasteiger partial charge is 0.504 e. The van der Waals surface area contributed by atoms with Gasteiger partial charge in [-0.25, -0.2) is 4.99 Å². The number of thiazole rings is 1. The molecule has 0 fully saturated rings. The van der Waals surface area contributed by atoms with E-state index in [1.807, 2.05) is 73.8 Å². The molecule has 0 saturated carbocycles. The molecule has 1 amide bonds. The highest BCUT2D eigenvalue weighted by atomic mass is 35.5. The number of halogens is 2. The van der Waals surface area contributed by atoms with Crippen LogP contribution in [0.1, 0.15) is 36.6 Å². The smallest absolute Gasteiger partial charge is 0.271 e. The monoisotopic (exact) mass is 708 g/mol. The lowest BCUT2D eigenvalue weighted by molar-refractivity contribution is -0.113. The van der Waals surface area contributed by atoms with Gasteiger partial charge in [0.1, 0.15) is 0 Å². The fourth-order valence-corrected chi connectivity index (χ4v) is 7.62. The number of phenolic OH excluding ortho intramolecular Hbond substituents is 1. The maximum absolute atomic E-state index is 14.4. The molecule has 0 saturated heterocycles. The van der Waals surface area contributed by atoms with Crippen molar-refractivity contribution in [2.45, 2.75) is 26.4 Å². The van der Waals surface area contributed by atoms with Crippen LogP contribution in [0.5, 0.6) is 11.5 Å². The SMILES string of the molecule is CCOc1cc([C@@H]2C(C(=O)Nc3ccccc3)=C(C)N=c3s/c(=C\c4cn(Cc5ccc(Cl)cc5Cl)c5ccccc45)c(=O)n32)ccc1O. The number of benzene rings is 4. The molecule has 3 heterocycles. The number of hydrogen-bond donors (Lipinski definition) is 2. The minimum Gasteiger partial charge on any atom is -0.504 e. The molecule has 1 atom stereocenters. The molecular formula is C38H30Cl2N4O4S. The number of anilines is 1. The van der Waals surface area contributed by atoms with Crippen LogP contribution in [0.25, 0.3) is 17.0 Å². The Morgan fingerprint density at radius 2 is 1.82 bits per heavy atom. The number of amides is 1. The number of carbonyl (C=O) groups is 1. The molecule has 0 unspecified atom stereocenters. The van der Waals surface area contributed by atoms with Crippen LogP contribution in [0.4, 0.5) is 5.69 Å². The minimum absolute atomic E-state index is 0.0368. The zero-order valence-electron chi connectivity index (χ0n) is 26.5. The van der Waals surface area contributed by atoms with Gasteiger partial charge in [-0.15, -0.1) is 0 Å². The van der Waals surface area contributed by atoms with Crippen molar-refractivity contribution in [3.05, 3.63) is 155 Å². The number of fused-ring (bicyclic) bond motifs is 2. The fourth-order valence-electron chi connectivity index (χ4n) is 6.11. The van der Waals surface area contributed by atoms with Gasteiger partial charge < -0.3 is 19.7 Å². The molecule has 4 aromatic carbocycles. The molecule has 1 aliphatic heterocycles. The number of aromatic hydroxyl groups is 1. The lowest BCUT2D eigenvalue weighted by atomic mass is 9.94. The van der Waals surface area contributed by atoms with E-state index >= 15 is 0 Å². The highest BCUT2D eigenvalue weighted by molar-refractivity contribution is 7.07. The molecule has 8 nitrogen and oxygen atoms in total. The molecule has 0 radical (unpaired) electrons. The molecule has 11 heteroatoms. The highest BCUT2D eigenvalue weighted by Crippen LogP contribution is 2.36. The van der Waals surface area contributed by atoms with Crippen molar-refractivity contribution in [2.24, 2.45) is 4.99 Å². The quantitative estimate of drug-likeness (QED) is 0.174. The van der Waals surface area contributed by atoms with Crippen LogP contribution in [0.2, 0.25) is 10.0 Å². The molecule has 0 bridgehead atoms. The van der Waals surface area contributed by atoms with Crippen molar-refractivity contribution < 1.29 is 14.6 Å². The van der Waals surface area contributed by atoms with E-state index in [0.717, 1.165) is 22.0 Å². The molecule has 2 N–H and O–H groups in total. The number of hydrogen-bond acceptors (Lipinski definition) is 6. The van der Waals surface area contributed by atoms with E-state index in [4.69, 9.17) is 32.9 Å². The van der Waals surface area contributed by atoms with Crippen molar-refractivity contribution in [2.75, 3.05) is 11.9 Å². The van der Waals surface area contributed by atoms with E-state index in [1.54, 1.807) is 41.8 Å². The maximum Gasteiger partial charge on any atom is 0.271 e. The van der Waals surface area contributed by atoms with E-state index in [0.29, 0.717) is 55.1 Å². The minimum atomic E-state index is -0.838. The van der Waals surface area contributed by atoms with Crippen LogP contribution < -0.4 is 24.9 Å². The first-order valence-electron chi connectivity index (χ1n) is 15.6. The molecule has 6 aromatic rings. The van der Waals surface area contributed by atoms with Crippen molar-refractivity contribution in [1.82, 2.24) is 9.13 Å². The normalized spacial score (nSPS) is 14.5. The summed E-state index contributed by atoms with van der Waals surface area (Å²) in [6, 6.07) is 26.6. The average Bonchev–Trinajstić information content (AvgIpc) is 3.59. The van der Waals surface area contributed by atoms with Crippen molar-refractivity contribution in [3.8, 4) is 11.5 Å². The Morgan fingerprint density at radius 1 is 1.04 bits per heavy atom. The Bertz CT molecular complexity index is 2470. The summed E-state index contributed by atoms with van der Waals surface area (Å²) in [7, 11) is 0. The summed E-state index contributed by atoms with van der Waals surface area (Å²) >= 11 is 13.9. The number of ether oxygens (including phenoxy) is 1. The maximum atomic E-state index is 14.4. The van der Waals surface area contributed by atoms with E-state index < -0.39 is 6.04 Å². The van der Waals surface area contributed by atoms with Gasteiger partial charge in [-0.3, -0.25) is 14.2 Å². The lowest BCUT2D eigenvalue weighted by Crippen LogP contribution is -2.40. The van der Waals surface area contributed by atoms with Crippen LogP contribution in [0.3, 0.4) is 0 Å². The third kappa shape index (κ3) is 6.28. The van der Waals surface area contributed by atoms with E-state index in [9.17, 15) is 14.7 Å². The summed E-state index contributed by atoms with van der Waals surface area (Å²) in [4.78, 5) is 33.6. The lowest BCUT2D eigenvalue weighted by Gasteiger charge is -2.26. The Hall–Kier alpha value is -5.09. The molecule has 7 rings (SSSR count). The summed E-state index contributed by atoms with van der Waals surface area (Å²) in [5.41, 5.74) is 4.45. The summed E-state index contributed by atoms with van der Waals surface area (Å²) in [5.74, 6) is -0.167. The Balaban J connectivity index is 1.37. The number of nitrogens with zero attached hydrogens (tertiary/aromatic N) is 3. The number of allylic oxidation sites excluding steroid dienone is 1. The van der Waals surface area contributed by atoms with Gasteiger partial charge >= 0.3 is 0 Å². The Kier molecular flexibility index (Phi) is 8.90. The van der Waals surface area contributed by atoms with Crippen LogP contribution in [0.15, 0.2) is 118 Å². The standard InChI is InChI=1S/C38H30Cl2N4O4S/c1-3-48-32-17-23(14-16-31(32)45)35-34(36(46)42-27-9-5-4-6-10-27)22(2)41-38-44(35)37(47)33(49-38)18-25-21-43(30-12-8-7-11-28(25)30)20-24-13-15-26(39)19-29(24)40/h4-19,21,35,45H,3,20H2,1-2H3,(H,42,46)/b33-18-/t35-/m1/s1. The molecule has 1 aliphatic rings. The van der Waals surface area contributed by atoms with Crippen LogP contribution in [-0.2, 0) is 11.3 Å². The van der Waals surface area contributed by atoms with Gasteiger partial charge in [0.25, 0.3) is 11.5 Å². The summed E-state index contributed by atoms with van der Waals surface area (Å²) in [6.07, 6.45) is 3.87. The van der Waals surface area contributed by atoms with Crippen molar-refractivity contribution in [3.63, 3.8) is 0 Å². The predicted octanol–water partition coefficient (Wildman–Crippen LogP) is 7.29. The van der Waals surface area contributed by atoms with Crippen molar-refractivity contribution in [1.29, 1.82) is 0 Å². The van der Waals surface area contributed by atoms with Crippen LogP contribution >= 0.6 is 34.5 Å². The van der Waals surface area contributed by atoms with Gasteiger partial charge in [0.05, 0.1) is 28.5 Å². The predicted molar refractivity (Wildman–Crippen MR) is 196 cm³/mol. The topological polar surface area (TPSA) is 97.9 Å². The van der Waals surface area contributed by atoms with E-state index in [2.05, 4.69) is 9.88 Å². The molecule has 2 aromatic heterocycles. The molecule has 246 valence electrons. The third-order valence-electron chi connectivity index (χ3n) is 8.36. The van der Waals surface area contributed by atoms with Gasteiger partial charge in [0.15, 0.2) is 16.3 Å². The Morgan fingerprint density at radius 3 is 2.59 bits per heavy atom. The molecular weight excluding hydrogens is 679 g/mol. The summed E-state index contributed by atoms with van der Waals surface area (Å²) in [6.45, 7) is 4.42. The third-order valence-corrected chi connectivity index (χ3v) is 9.93.